The molecule has 5 heteroatoms. The number of hydrogen-bond donors (Lipinski definition) is 0. The van der Waals surface area contributed by atoms with Gasteiger partial charge >= 0.3 is 0 Å². The highest BCUT2D eigenvalue weighted by molar-refractivity contribution is 5.35. The van der Waals surface area contributed by atoms with Crippen molar-refractivity contribution in [2.75, 3.05) is 38.6 Å². The monoisotopic (exact) mass is 259 g/mol. The van der Waals surface area contributed by atoms with Crippen LogP contribution in [0.15, 0.2) is 6.07 Å². The van der Waals surface area contributed by atoms with Gasteiger partial charge in [0.25, 0.3) is 0 Å². The lowest BCUT2D eigenvalue weighted by Crippen LogP contribution is -2.36. The van der Waals surface area contributed by atoms with Gasteiger partial charge in [-0.1, -0.05) is 0 Å². The van der Waals surface area contributed by atoms with Gasteiger partial charge in [0, 0.05) is 19.3 Å². The van der Waals surface area contributed by atoms with E-state index in [2.05, 4.69) is 32.9 Å². The minimum absolute atomic E-state index is 0.442. The first kappa shape index (κ1) is 13.8. The van der Waals surface area contributed by atoms with Gasteiger partial charge in [0.2, 0.25) is 5.95 Å². The minimum atomic E-state index is 0.442. The van der Waals surface area contributed by atoms with Gasteiger partial charge in [-0.15, -0.1) is 0 Å². The second-order valence-electron chi connectivity index (χ2n) is 5.43. The SMILES string of the molecule is Cc1cc(C#N)nc(N(C)CC2CCN(C)CC2)n1. The Morgan fingerprint density at radius 1 is 1.42 bits per heavy atom. The first-order valence-electron chi connectivity index (χ1n) is 6.74. The summed E-state index contributed by atoms with van der Waals surface area (Å²) in [5, 5.41) is 8.95. The summed E-state index contributed by atoms with van der Waals surface area (Å²) in [6.45, 7) is 5.19. The van der Waals surface area contributed by atoms with Gasteiger partial charge in [-0.2, -0.15) is 5.26 Å². The second kappa shape index (κ2) is 5.98. The molecule has 2 heterocycles. The lowest BCUT2D eigenvalue weighted by molar-refractivity contribution is 0.222. The first-order valence-corrected chi connectivity index (χ1v) is 6.74. The highest BCUT2D eigenvalue weighted by atomic mass is 15.2. The summed E-state index contributed by atoms with van der Waals surface area (Å²) in [7, 11) is 4.18. The predicted molar refractivity (Wildman–Crippen MR) is 75.0 cm³/mol. The number of nitriles is 1. The molecule has 0 atom stereocenters. The molecule has 5 nitrogen and oxygen atoms in total. The van der Waals surface area contributed by atoms with E-state index in [9.17, 15) is 0 Å². The Morgan fingerprint density at radius 3 is 2.74 bits per heavy atom. The van der Waals surface area contributed by atoms with Gasteiger partial charge in [-0.25, -0.2) is 9.97 Å². The summed E-state index contributed by atoms with van der Waals surface area (Å²) in [6.07, 6.45) is 2.44. The molecule has 1 aromatic heterocycles. The Hall–Kier alpha value is -1.67. The van der Waals surface area contributed by atoms with Crippen LogP contribution in [0.5, 0.6) is 0 Å². The Bertz CT molecular complexity index is 471. The third-order valence-corrected chi connectivity index (χ3v) is 3.67. The summed E-state index contributed by atoms with van der Waals surface area (Å²) >= 11 is 0. The molecule has 1 fully saturated rings. The van der Waals surface area contributed by atoms with Crippen LogP contribution in [0.4, 0.5) is 5.95 Å². The summed E-state index contributed by atoms with van der Waals surface area (Å²) in [5.74, 6) is 1.35. The zero-order valence-corrected chi connectivity index (χ0v) is 11.9. The first-order chi connectivity index (χ1) is 9.08. The Labute approximate surface area is 114 Å². The van der Waals surface area contributed by atoms with E-state index in [1.807, 2.05) is 14.0 Å². The molecule has 19 heavy (non-hydrogen) atoms. The zero-order valence-electron chi connectivity index (χ0n) is 11.9. The summed E-state index contributed by atoms with van der Waals surface area (Å²) in [5.41, 5.74) is 1.29. The van der Waals surface area contributed by atoms with Crippen LogP contribution in [0.1, 0.15) is 24.2 Å². The lowest BCUT2D eigenvalue weighted by Gasteiger charge is -2.31. The van der Waals surface area contributed by atoms with Crippen LogP contribution in [-0.2, 0) is 0 Å². The number of likely N-dealkylation sites (tertiary alicyclic amines) is 1. The fraction of sp³-hybridized carbons (Fsp3) is 0.643. The van der Waals surface area contributed by atoms with Crippen molar-refractivity contribution in [2.45, 2.75) is 19.8 Å². The Balaban J connectivity index is 2.01. The molecule has 1 saturated heterocycles. The molecular formula is C14H21N5. The van der Waals surface area contributed by atoms with Gasteiger partial charge in [0.15, 0.2) is 0 Å². The van der Waals surface area contributed by atoms with Crippen LogP contribution < -0.4 is 4.90 Å². The van der Waals surface area contributed by atoms with Gasteiger partial charge in [0.05, 0.1) is 0 Å². The van der Waals surface area contributed by atoms with E-state index in [0.29, 0.717) is 17.6 Å². The fourth-order valence-corrected chi connectivity index (χ4v) is 2.49. The highest BCUT2D eigenvalue weighted by Gasteiger charge is 2.19. The van der Waals surface area contributed by atoms with Crippen LogP contribution in [0.2, 0.25) is 0 Å². The largest absolute Gasteiger partial charge is 0.344 e. The number of piperidine rings is 1. The maximum Gasteiger partial charge on any atom is 0.226 e. The van der Waals surface area contributed by atoms with Crippen molar-refractivity contribution in [2.24, 2.45) is 5.92 Å². The third kappa shape index (κ3) is 3.65. The van der Waals surface area contributed by atoms with E-state index >= 15 is 0 Å². The number of rotatable bonds is 3. The van der Waals surface area contributed by atoms with Gasteiger partial charge < -0.3 is 9.80 Å². The molecule has 0 spiro atoms. The van der Waals surface area contributed by atoms with Gasteiger partial charge in [-0.05, 0) is 51.9 Å². The van der Waals surface area contributed by atoms with Crippen LogP contribution >= 0.6 is 0 Å². The van der Waals surface area contributed by atoms with Crippen molar-refractivity contribution in [1.82, 2.24) is 14.9 Å². The smallest absolute Gasteiger partial charge is 0.226 e. The maximum absolute atomic E-state index is 8.95. The fourth-order valence-electron chi connectivity index (χ4n) is 2.49. The van der Waals surface area contributed by atoms with Crippen LogP contribution in [0, 0.1) is 24.2 Å². The molecule has 0 aliphatic carbocycles. The van der Waals surface area contributed by atoms with Crippen LogP contribution in [0.25, 0.3) is 0 Å². The van der Waals surface area contributed by atoms with Crippen LogP contribution in [-0.4, -0.2) is 48.6 Å². The molecule has 1 aliphatic heterocycles. The van der Waals surface area contributed by atoms with Crippen molar-refractivity contribution in [3.63, 3.8) is 0 Å². The van der Waals surface area contributed by atoms with Crippen molar-refractivity contribution in [1.29, 1.82) is 5.26 Å². The van der Waals surface area contributed by atoms with E-state index in [4.69, 9.17) is 5.26 Å². The normalized spacial score (nSPS) is 17.2. The molecule has 1 aliphatic rings. The van der Waals surface area contributed by atoms with Crippen molar-refractivity contribution in [3.05, 3.63) is 17.5 Å². The summed E-state index contributed by atoms with van der Waals surface area (Å²) < 4.78 is 0. The number of aryl methyl sites for hydroxylation is 1. The molecule has 2 rings (SSSR count). The molecule has 0 amide bonds. The van der Waals surface area contributed by atoms with Gasteiger partial charge in [0.1, 0.15) is 11.8 Å². The second-order valence-corrected chi connectivity index (χ2v) is 5.43. The maximum atomic E-state index is 8.95. The third-order valence-electron chi connectivity index (χ3n) is 3.67. The zero-order chi connectivity index (χ0) is 13.8. The number of hydrogen-bond acceptors (Lipinski definition) is 5. The molecule has 1 aromatic rings. The van der Waals surface area contributed by atoms with Gasteiger partial charge in [-0.3, -0.25) is 0 Å². The molecule has 0 unspecified atom stereocenters. The van der Waals surface area contributed by atoms with E-state index in [-0.39, 0.29) is 0 Å². The quantitative estimate of drug-likeness (QED) is 0.822. The molecule has 0 bridgehead atoms. The molecule has 0 radical (unpaired) electrons. The molecule has 0 saturated carbocycles. The van der Waals surface area contributed by atoms with E-state index < -0.39 is 0 Å². The average Bonchev–Trinajstić information content (AvgIpc) is 2.40. The van der Waals surface area contributed by atoms with Crippen molar-refractivity contribution in [3.8, 4) is 6.07 Å². The highest BCUT2D eigenvalue weighted by Crippen LogP contribution is 2.19. The van der Waals surface area contributed by atoms with E-state index in [1.54, 1.807) is 6.07 Å². The van der Waals surface area contributed by atoms with Crippen molar-refractivity contribution < 1.29 is 0 Å². The van der Waals surface area contributed by atoms with E-state index in [1.165, 1.54) is 12.8 Å². The number of aromatic nitrogens is 2. The topological polar surface area (TPSA) is 56.1 Å². The summed E-state index contributed by atoms with van der Waals surface area (Å²) in [4.78, 5) is 13.1. The standard InChI is InChI=1S/C14H21N5/c1-11-8-13(9-15)17-14(16-11)19(3)10-12-4-6-18(2)7-5-12/h8,12H,4-7,10H2,1-3H3. The van der Waals surface area contributed by atoms with Crippen molar-refractivity contribution >= 4 is 5.95 Å². The Morgan fingerprint density at radius 2 is 2.11 bits per heavy atom. The summed E-state index contributed by atoms with van der Waals surface area (Å²) in [6, 6.07) is 3.80. The Kier molecular flexibility index (Phi) is 4.33. The molecular weight excluding hydrogens is 238 g/mol. The molecule has 0 aromatic carbocycles. The minimum Gasteiger partial charge on any atom is -0.344 e. The predicted octanol–water partition coefficient (Wildman–Crippen LogP) is 1.43. The number of nitrogens with zero attached hydrogens (tertiary/aromatic N) is 5. The van der Waals surface area contributed by atoms with E-state index in [0.717, 1.165) is 25.3 Å². The average molecular weight is 259 g/mol. The number of anilines is 1. The lowest BCUT2D eigenvalue weighted by atomic mass is 9.97. The van der Waals surface area contributed by atoms with Crippen LogP contribution in [0.3, 0.4) is 0 Å². The molecule has 102 valence electrons. The molecule has 0 N–H and O–H groups in total.